The Morgan fingerprint density at radius 1 is 1.50 bits per heavy atom. The highest BCUT2D eigenvalue weighted by Crippen LogP contribution is 2.10. The van der Waals surface area contributed by atoms with Crippen LogP contribution in [-0.4, -0.2) is 40.2 Å². The second kappa shape index (κ2) is 6.91. The van der Waals surface area contributed by atoms with Crippen molar-refractivity contribution in [2.75, 3.05) is 19.6 Å². The standard InChI is InChI=1S/C10H21N3O4S/c1-8(2)17-10(14)13-18(15,16)12-6-4-9-3-5-11-7-9/h8-9,11-12H,3-7H2,1-2H3,(H,13,14). The Morgan fingerprint density at radius 3 is 2.78 bits per heavy atom. The van der Waals surface area contributed by atoms with Gasteiger partial charge in [0.1, 0.15) is 0 Å². The molecule has 106 valence electrons. The number of nitrogens with one attached hydrogen (secondary N) is 3. The van der Waals surface area contributed by atoms with E-state index >= 15 is 0 Å². The largest absolute Gasteiger partial charge is 0.446 e. The van der Waals surface area contributed by atoms with Crippen LogP contribution in [0.5, 0.6) is 0 Å². The number of hydrogen-bond donors (Lipinski definition) is 3. The highest BCUT2D eigenvalue weighted by molar-refractivity contribution is 7.88. The maximum Gasteiger partial charge on any atom is 0.422 e. The molecule has 1 fully saturated rings. The molecular weight excluding hydrogens is 258 g/mol. The van der Waals surface area contributed by atoms with Crippen LogP contribution in [0.2, 0.25) is 0 Å². The average molecular weight is 279 g/mol. The van der Waals surface area contributed by atoms with Crippen molar-refractivity contribution in [3.8, 4) is 0 Å². The number of amides is 1. The monoisotopic (exact) mass is 279 g/mol. The first kappa shape index (κ1) is 15.2. The van der Waals surface area contributed by atoms with Gasteiger partial charge in [0.2, 0.25) is 0 Å². The summed E-state index contributed by atoms with van der Waals surface area (Å²) in [5, 5.41) is 3.21. The van der Waals surface area contributed by atoms with Gasteiger partial charge in [0, 0.05) is 6.54 Å². The molecule has 0 aliphatic carbocycles. The average Bonchev–Trinajstić information content (AvgIpc) is 2.67. The fourth-order valence-corrected chi connectivity index (χ4v) is 2.47. The van der Waals surface area contributed by atoms with E-state index in [2.05, 4.69) is 14.8 Å². The Bertz CT molecular complexity index is 363. The van der Waals surface area contributed by atoms with Gasteiger partial charge in [0.25, 0.3) is 0 Å². The van der Waals surface area contributed by atoms with E-state index in [-0.39, 0.29) is 6.10 Å². The van der Waals surface area contributed by atoms with Crippen LogP contribution in [0.4, 0.5) is 4.79 Å². The van der Waals surface area contributed by atoms with Gasteiger partial charge in [-0.2, -0.15) is 13.1 Å². The molecule has 3 N–H and O–H groups in total. The Hall–Kier alpha value is -0.860. The van der Waals surface area contributed by atoms with Gasteiger partial charge >= 0.3 is 16.3 Å². The van der Waals surface area contributed by atoms with Crippen LogP contribution in [0.25, 0.3) is 0 Å². The summed E-state index contributed by atoms with van der Waals surface area (Å²) in [6, 6.07) is 0. The van der Waals surface area contributed by atoms with Crippen LogP contribution in [0.1, 0.15) is 26.7 Å². The third-order valence-corrected chi connectivity index (χ3v) is 3.59. The van der Waals surface area contributed by atoms with Gasteiger partial charge in [0.05, 0.1) is 6.10 Å². The molecule has 0 aromatic heterocycles. The molecule has 1 rings (SSSR count). The summed E-state index contributed by atoms with van der Waals surface area (Å²) < 4.78 is 31.7. The van der Waals surface area contributed by atoms with E-state index < -0.39 is 16.3 Å². The van der Waals surface area contributed by atoms with Crippen molar-refractivity contribution in [3.05, 3.63) is 0 Å². The lowest BCUT2D eigenvalue weighted by atomic mass is 10.1. The van der Waals surface area contributed by atoms with Gasteiger partial charge in [-0.25, -0.2) is 9.52 Å². The molecule has 0 aromatic rings. The zero-order valence-electron chi connectivity index (χ0n) is 10.7. The highest BCUT2D eigenvalue weighted by atomic mass is 32.2. The fraction of sp³-hybridized carbons (Fsp3) is 0.900. The van der Waals surface area contributed by atoms with E-state index in [9.17, 15) is 13.2 Å². The summed E-state index contributed by atoms with van der Waals surface area (Å²) in [6.07, 6.45) is 0.502. The maximum atomic E-state index is 11.5. The zero-order valence-corrected chi connectivity index (χ0v) is 11.5. The number of carbonyl (C=O) groups is 1. The molecule has 0 bridgehead atoms. The second-order valence-electron chi connectivity index (χ2n) is 4.60. The Balaban J connectivity index is 2.24. The summed E-state index contributed by atoms with van der Waals surface area (Å²) in [5.41, 5.74) is 0. The Kier molecular flexibility index (Phi) is 5.83. The number of ether oxygens (including phenoxy) is 1. The van der Waals surface area contributed by atoms with Crippen LogP contribution in [0, 0.1) is 5.92 Å². The lowest BCUT2D eigenvalue weighted by Gasteiger charge is -2.12. The first-order valence-electron chi connectivity index (χ1n) is 6.08. The van der Waals surface area contributed by atoms with E-state index in [0.29, 0.717) is 12.5 Å². The summed E-state index contributed by atoms with van der Waals surface area (Å²) in [5.74, 6) is 0.496. The zero-order chi connectivity index (χ0) is 13.6. The van der Waals surface area contributed by atoms with Crippen molar-refractivity contribution in [3.63, 3.8) is 0 Å². The first-order chi connectivity index (χ1) is 8.39. The van der Waals surface area contributed by atoms with Crippen molar-refractivity contribution in [2.24, 2.45) is 5.92 Å². The van der Waals surface area contributed by atoms with Crippen molar-refractivity contribution < 1.29 is 17.9 Å². The van der Waals surface area contributed by atoms with Crippen LogP contribution in [-0.2, 0) is 14.9 Å². The lowest BCUT2D eigenvalue weighted by molar-refractivity contribution is 0.121. The van der Waals surface area contributed by atoms with Gasteiger partial charge in [-0.15, -0.1) is 0 Å². The highest BCUT2D eigenvalue weighted by Gasteiger charge is 2.18. The summed E-state index contributed by atoms with van der Waals surface area (Å²) in [4.78, 5) is 11.1. The number of rotatable bonds is 6. The molecule has 0 aromatic carbocycles. The molecule has 0 saturated carbocycles. The normalized spacial score (nSPS) is 20.1. The van der Waals surface area contributed by atoms with E-state index in [1.165, 1.54) is 0 Å². The Morgan fingerprint density at radius 2 is 2.22 bits per heavy atom. The molecule has 1 atom stereocenters. The predicted molar refractivity (Wildman–Crippen MR) is 67.3 cm³/mol. The van der Waals surface area contributed by atoms with Crippen LogP contribution < -0.4 is 14.8 Å². The van der Waals surface area contributed by atoms with E-state index in [0.717, 1.165) is 25.9 Å². The minimum Gasteiger partial charge on any atom is -0.446 e. The van der Waals surface area contributed by atoms with E-state index in [4.69, 9.17) is 0 Å². The summed E-state index contributed by atoms with van der Waals surface area (Å²) in [6.45, 7) is 5.51. The smallest absolute Gasteiger partial charge is 0.422 e. The van der Waals surface area contributed by atoms with E-state index in [1.54, 1.807) is 18.6 Å². The summed E-state index contributed by atoms with van der Waals surface area (Å²) >= 11 is 0. The van der Waals surface area contributed by atoms with Crippen molar-refractivity contribution in [1.29, 1.82) is 0 Å². The minimum atomic E-state index is -3.81. The van der Waals surface area contributed by atoms with Gasteiger partial charge in [0.15, 0.2) is 0 Å². The molecule has 1 aliphatic heterocycles. The quantitative estimate of drug-likeness (QED) is 0.634. The second-order valence-corrected chi connectivity index (χ2v) is 6.10. The van der Waals surface area contributed by atoms with Crippen molar-refractivity contribution >= 4 is 16.3 Å². The maximum absolute atomic E-state index is 11.5. The molecule has 1 saturated heterocycles. The molecule has 7 nitrogen and oxygen atoms in total. The predicted octanol–water partition coefficient (Wildman–Crippen LogP) is -0.0450. The van der Waals surface area contributed by atoms with Crippen LogP contribution >= 0.6 is 0 Å². The van der Waals surface area contributed by atoms with Gasteiger partial charge in [-0.05, 0) is 45.7 Å². The molecule has 1 aliphatic rings. The molecule has 1 heterocycles. The topological polar surface area (TPSA) is 96.5 Å². The third-order valence-electron chi connectivity index (χ3n) is 2.57. The Labute approximate surface area is 108 Å². The van der Waals surface area contributed by atoms with Crippen LogP contribution in [0.15, 0.2) is 0 Å². The number of hydrogen-bond acceptors (Lipinski definition) is 5. The van der Waals surface area contributed by atoms with Gasteiger partial charge < -0.3 is 10.1 Å². The first-order valence-corrected chi connectivity index (χ1v) is 7.56. The molecule has 18 heavy (non-hydrogen) atoms. The van der Waals surface area contributed by atoms with Gasteiger partial charge in [-0.3, -0.25) is 0 Å². The van der Waals surface area contributed by atoms with Crippen LogP contribution in [0.3, 0.4) is 0 Å². The molecule has 1 unspecified atom stereocenters. The SMILES string of the molecule is CC(C)OC(=O)NS(=O)(=O)NCCC1CCNC1. The van der Waals surface area contributed by atoms with E-state index in [1.807, 2.05) is 0 Å². The molecule has 1 amide bonds. The lowest BCUT2D eigenvalue weighted by Crippen LogP contribution is -2.41. The summed E-state index contributed by atoms with van der Waals surface area (Å²) in [7, 11) is -3.81. The third kappa shape index (κ3) is 6.18. The van der Waals surface area contributed by atoms with Gasteiger partial charge in [-0.1, -0.05) is 0 Å². The fourth-order valence-electron chi connectivity index (χ4n) is 1.74. The van der Waals surface area contributed by atoms with Crippen molar-refractivity contribution in [1.82, 2.24) is 14.8 Å². The minimum absolute atomic E-state index is 0.316. The molecule has 8 heteroatoms. The molecular formula is C10H21N3O4S. The molecule has 0 spiro atoms. The molecule has 0 radical (unpaired) electrons. The van der Waals surface area contributed by atoms with Crippen molar-refractivity contribution in [2.45, 2.75) is 32.8 Å². The number of carbonyl (C=O) groups excluding carboxylic acids is 1.